The van der Waals surface area contributed by atoms with Crippen LogP contribution in [0.1, 0.15) is 28.7 Å². The zero-order valence-electron chi connectivity index (χ0n) is 14.1. The number of nitrogens with one attached hydrogen (secondary N) is 1. The maximum Gasteiger partial charge on any atom is 0.264 e. The minimum absolute atomic E-state index is 0.0417. The van der Waals surface area contributed by atoms with Crippen LogP contribution >= 0.6 is 0 Å². The number of nitrogens with two attached hydrogens (primary N) is 1. The lowest BCUT2D eigenvalue weighted by atomic mass is 10.1. The van der Waals surface area contributed by atoms with E-state index in [9.17, 15) is 14.4 Å². The predicted molar refractivity (Wildman–Crippen MR) is 76.6 cm³/mol. The van der Waals surface area contributed by atoms with Gasteiger partial charge in [-0.05, 0) is 25.5 Å². The van der Waals surface area contributed by atoms with Gasteiger partial charge >= 0.3 is 0 Å². The molecule has 7 heteroatoms. The number of nitrogen functional groups attached to an aromatic ring is 1. The molecule has 1 aromatic carbocycles. The number of piperidine rings is 1. The van der Waals surface area contributed by atoms with Gasteiger partial charge in [0.05, 0.1) is 12.3 Å². The van der Waals surface area contributed by atoms with Crippen molar-refractivity contribution in [1.82, 2.24) is 14.9 Å². The van der Waals surface area contributed by atoms with Crippen LogP contribution in [0.15, 0.2) is 23.0 Å². The summed E-state index contributed by atoms with van der Waals surface area (Å²) in [4.78, 5) is 40.8. The van der Waals surface area contributed by atoms with Gasteiger partial charge in [0.25, 0.3) is 5.56 Å². The second-order valence-electron chi connectivity index (χ2n) is 4.62. The standard InChI is InChI=1S/C14H14N4O3/c1-7-16-9-4-2-3-8(15)12(9)14(21)18(7)10-5-6-11(19)17-13(10)20/h2-4,10H,5-6,15H2,1H3,(H,17,19,20)/t10-/m0/s1/i6D2,10D. The number of benzene rings is 1. The molecule has 0 bridgehead atoms. The van der Waals surface area contributed by atoms with Crippen LogP contribution in [-0.2, 0) is 9.59 Å². The molecule has 0 aliphatic carbocycles. The lowest BCUT2D eigenvalue weighted by molar-refractivity contribution is -0.135. The van der Waals surface area contributed by atoms with Crippen molar-refractivity contribution in [3.8, 4) is 0 Å². The number of carbonyl (C=O) groups is 2. The molecule has 2 heterocycles. The summed E-state index contributed by atoms with van der Waals surface area (Å²) in [6.45, 7) is 1.43. The normalized spacial score (nSPS) is 26.8. The van der Waals surface area contributed by atoms with E-state index >= 15 is 0 Å². The Hall–Kier alpha value is -2.70. The van der Waals surface area contributed by atoms with Crippen LogP contribution in [0.25, 0.3) is 10.9 Å². The highest BCUT2D eigenvalue weighted by Crippen LogP contribution is 2.21. The van der Waals surface area contributed by atoms with Gasteiger partial charge in [-0.2, -0.15) is 0 Å². The predicted octanol–water partition coefficient (Wildman–Crippen LogP) is 0.265. The molecule has 1 atom stereocenters. The van der Waals surface area contributed by atoms with E-state index in [1.54, 1.807) is 12.1 Å². The molecule has 0 radical (unpaired) electrons. The van der Waals surface area contributed by atoms with E-state index < -0.39 is 36.2 Å². The van der Waals surface area contributed by atoms with Crippen LogP contribution in [0.2, 0.25) is 0 Å². The molecule has 1 aromatic heterocycles. The van der Waals surface area contributed by atoms with Gasteiger partial charge in [0.1, 0.15) is 11.8 Å². The van der Waals surface area contributed by atoms with Crippen LogP contribution in [-0.4, -0.2) is 21.4 Å². The van der Waals surface area contributed by atoms with Crippen molar-refractivity contribution in [1.29, 1.82) is 0 Å². The first-order chi connectivity index (χ1) is 11.1. The van der Waals surface area contributed by atoms with E-state index in [2.05, 4.69) is 4.98 Å². The third-order valence-electron chi connectivity index (χ3n) is 3.27. The zero-order chi connectivity index (χ0) is 17.9. The van der Waals surface area contributed by atoms with Crippen molar-refractivity contribution in [2.75, 3.05) is 5.73 Å². The average molecular weight is 289 g/mol. The quantitative estimate of drug-likeness (QED) is 0.578. The number of rotatable bonds is 1. The van der Waals surface area contributed by atoms with Crippen molar-refractivity contribution in [2.24, 2.45) is 0 Å². The van der Waals surface area contributed by atoms with Gasteiger partial charge in [-0.15, -0.1) is 0 Å². The number of amides is 2. The van der Waals surface area contributed by atoms with Crippen LogP contribution in [0, 0.1) is 6.92 Å². The molecule has 3 N–H and O–H groups in total. The van der Waals surface area contributed by atoms with Gasteiger partial charge in [0, 0.05) is 14.8 Å². The number of aromatic nitrogens is 2. The molecule has 7 nitrogen and oxygen atoms in total. The molecule has 2 amide bonds. The summed E-state index contributed by atoms with van der Waals surface area (Å²) in [6, 6.07) is 2.34. The van der Waals surface area contributed by atoms with E-state index in [1.807, 2.05) is 5.32 Å². The second kappa shape index (κ2) is 4.69. The first-order valence-corrected chi connectivity index (χ1v) is 6.22. The molecule has 1 aliphatic rings. The molecule has 1 aliphatic heterocycles. The minimum Gasteiger partial charge on any atom is -0.398 e. The van der Waals surface area contributed by atoms with E-state index in [1.165, 1.54) is 13.0 Å². The van der Waals surface area contributed by atoms with Crippen LogP contribution < -0.4 is 16.6 Å². The van der Waals surface area contributed by atoms with Crippen LogP contribution in [0.3, 0.4) is 0 Å². The van der Waals surface area contributed by atoms with Gasteiger partial charge in [-0.1, -0.05) is 6.07 Å². The number of hydrogen-bond acceptors (Lipinski definition) is 5. The summed E-state index contributed by atoms with van der Waals surface area (Å²) in [7, 11) is 0. The smallest absolute Gasteiger partial charge is 0.264 e. The van der Waals surface area contributed by atoms with Crippen molar-refractivity contribution >= 4 is 28.4 Å². The van der Waals surface area contributed by atoms with Crippen molar-refractivity contribution in [3.63, 3.8) is 0 Å². The van der Waals surface area contributed by atoms with Gasteiger partial charge in [-0.25, -0.2) is 4.98 Å². The highest BCUT2D eigenvalue weighted by atomic mass is 16.2. The first-order valence-electron chi connectivity index (χ1n) is 7.72. The van der Waals surface area contributed by atoms with Crippen LogP contribution in [0.5, 0.6) is 0 Å². The van der Waals surface area contributed by atoms with E-state index in [0.717, 1.165) is 4.57 Å². The Morgan fingerprint density at radius 3 is 3.00 bits per heavy atom. The fourth-order valence-electron chi connectivity index (χ4n) is 2.33. The molecular weight excluding hydrogens is 272 g/mol. The van der Waals surface area contributed by atoms with Gasteiger partial charge < -0.3 is 5.73 Å². The Balaban J connectivity index is 2.33. The minimum atomic E-state index is -2.47. The van der Waals surface area contributed by atoms with Gasteiger partial charge in [0.15, 0.2) is 0 Å². The molecule has 2 aromatic rings. The Morgan fingerprint density at radius 2 is 2.24 bits per heavy atom. The topological polar surface area (TPSA) is 107 Å². The number of imide groups is 1. The first kappa shape index (κ1) is 10.1. The summed E-state index contributed by atoms with van der Waals surface area (Å²) in [5, 5.41) is 1.86. The fraction of sp³-hybridized carbons (Fsp3) is 0.286. The number of fused-ring (bicyclic) bond motifs is 1. The number of hydrogen-bond donors (Lipinski definition) is 2. The Kier molecular flexibility index (Phi) is 2.25. The Bertz CT molecular complexity index is 956. The molecular formula is C14H14N4O3. The third kappa shape index (κ3) is 2.06. The molecule has 1 saturated heterocycles. The summed E-state index contributed by atoms with van der Waals surface area (Å²) < 4.78 is 24.6. The summed E-state index contributed by atoms with van der Waals surface area (Å²) in [5.41, 5.74) is 5.53. The molecule has 0 spiro atoms. The number of carbonyl (C=O) groups excluding carboxylic acids is 2. The Morgan fingerprint density at radius 1 is 1.48 bits per heavy atom. The maximum atomic E-state index is 12.8. The number of anilines is 1. The summed E-state index contributed by atoms with van der Waals surface area (Å²) in [5.74, 6) is -2.16. The molecule has 0 unspecified atom stereocenters. The third-order valence-corrected chi connectivity index (χ3v) is 3.27. The van der Waals surface area contributed by atoms with E-state index in [0.29, 0.717) is 5.52 Å². The lowest BCUT2D eigenvalue weighted by Crippen LogP contribution is -2.45. The average Bonchev–Trinajstić information content (AvgIpc) is 2.44. The van der Waals surface area contributed by atoms with Gasteiger partial charge in [0.2, 0.25) is 11.8 Å². The lowest BCUT2D eigenvalue weighted by Gasteiger charge is -2.24. The molecule has 1 fully saturated rings. The maximum absolute atomic E-state index is 12.8. The highest BCUT2D eigenvalue weighted by molar-refractivity contribution is 5.99. The summed E-state index contributed by atoms with van der Waals surface area (Å²) in [6.07, 6.45) is -3.27. The number of nitrogens with zero attached hydrogens (tertiary/aromatic N) is 2. The van der Waals surface area contributed by atoms with Crippen molar-refractivity contribution in [2.45, 2.75) is 25.7 Å². The van der Waals surface area contributed by atoms with Crippen molar-refractivity contribution < 1.29 is 13.7 Å². The zero-order valence-corrected chi connectivity index (χ0v) is 11.1. The number of aryl methyl sites for hydroxylation is 1. The van der Waals surface area contributed by atoms with E-state index in [-0.39, 0.29) is 16.9 Å². The van der Waals surface area contributed by atoms with Crippen molar-refractivity contribution in [3.05, 3.63) is 34.4 Å². The van der Waals surface area contributed by atoms with E-state index in [4.69, 9.17) is 9.85 Å². The largest absolute Gasteiger partial charge is 0.398 e. The molecule has 108 valence electrons. The Labute approximate surface area is 124 Å². The fourth-order valence-corrected chi connectivity index (χ4v) is 2.33. The van der Waals surface area contributed by atoms with Crippen LogP contribution in [0.4, 0.5) is 5.69 Å². The molecule has 0 saturated carbocycles. The highest BCUT2D eigenvalue weighted by Gasteiger charge is 2.30. The molecule has 3 rings (SSSR count). The van der Waals surface area contributed by atoms with Gasteiger partial charge in [-0.3, -0.25) is 24.3 Å². The summed E-state index contributed by atoms with van der Waals surface area (Å²) >= 11 is 0. The second-order valence-corrected chi connectivity index (χ2v) is 4.62. The molecule has 21 heavy (non-hydrogen) atoms. The SMILES string of the molecule is [2H]C1([2H])C[C@]([2H])(n2c(C)nc3cccc(N)c3c2=O)C(=O)NC1=O. The monoisotopic (exact) mass is 289 g/mol.